The van der Waals surface area contributed by atoms with Crippen molar-refractivity contribution in [2.45, 2.75) is 39.2 Å². The van der Waals surface area contributed by atoms with Crippen LogP contribution in [0.25, 0.3) is 23.1 Å². The number of benzene rings is 2. The molecule has 4 heteroatoms. The van der Waals surface area contributed by atoms with Crippen LogP contribution in [0, 0.1) is 0 Å². The second-order valence-electron chi connectivity index (χ2n) is 8.36. The Hall–Kier alpha value is -3.53. The maximum atomic E-state index is 12.7. The lowest BCUT2D eigenvalue weighted by Crippen LogP contribution is -2.31. The highest BCUT2D eigenvalue weighted by molar-refractivity contribution is 6.09. The van der Waals surface area contributed by atoms with E-state index in [0.29, 0.717) is 11.3 Å². The Morgan fingerprint density at radius 1 is 1.16 bits per heavy atom. The molecule has 4 rings (SSSR count). The third-order valence-corrected chi connectivity index (χ3v) is 5.49. The van der Waals surface area contributed by atoms with Crippen LogP contribution >= 0.6 is 0 Å². The van der Waals surface area contributed by atoms with Crippen LogP contribution in [-0.2, 0) is 0 Å². The second-order valence-corrected chi connectivity index (χ2v) is 8.36. The maximum Gasteiger partial charge on any atom is 0.189 e. The average molecular weight is 415 g/mol. The van der Waals surface area contributed by atoms with Crippen LogP contribution in [0.4, 0.5) is 0 Å². The number of rotatable bonds is 6. The van der Waals surface area contributed by atoms with Gasteiger partial charge in [-0.2, -0.15) is 0 Å². The molecule has 0 saturated heterocycles. The minimum atomic E-state index is -0.442. The Kier molecular flexibility index (Phi) is 5.55. The van der Waals surface area contributed by atoms with Gasteiger partial charge < -0.3 is 14.3 Å². The molecule has 2 aromatic carbocycles. The molecule has 0 radical (unpaired) electrons. The molecule has 1 N–H and O–H groups in total. The molecule has 1 unspecified atom stereocenters. The van der Waals surface area contributed by atoms with Gasteiger partial charge in [0.1, 0.15) is 22.7 Å². The van der Waals surface area contributed by atoms with Crippen molar-refractivity contribution >= 4 is 28.9 Å². The zero-order valence-electron chi connectivity index (χ0n) is 18.0. The van der Waals surface area contributed by atoms with Gasteiger partial charge in [-0.1, -0.05) is 23.8 Å². The number of allylic oxidation sites excluding steroid dienone is 3. The van der Waals surface area contributed by atoms with E-state index in [1.807, 2.05) is 43.3 Å². The fraction of sp³-hybridized carbons (Fsp3) is 0.222. The minimum absolute atomic E-state index is 0.0555. The summed E-state index contributed by atoms with van der Waals surface area (Å²) in [6.45, 7) is 6.19. The first-order valence-corrected chi connectivity index (χ1v) is 10.4. The first-order valence-electron chi connectivity index (χ1n) is 10.4. The lowest BCUT2D eigenvalue weighted by Gasteiger charge is -2.32. The van der Waals surface area contributed by atoms with Gasteiger partial charge in [-0.15, -0.1) is 0 Å². The van der Waals surface area contributed by atoms with Gasteiger partial charge in [-0.25, -0.2) is 0 Å². The van der Waals surface area contributed by atoms with Gasteiger partial charge in [0.2, 0.25) is 0 Å². The highest BCUT2D eigenvalue weighted by Crippen LogP contribution is 2.40. The summed E-state index contributed by atoms with van der Waals surface area (Å²) >= 11 is 0. The summed E-state index contributed by atoms with van der Waals surface area (Å²) in [7, 11) is 0. The Morgan fingerprint density at radius 3 is 2.81 bits per heavy atom. The molecule has 0 bridgehead atoms. The van der Waals surface area contributed by atoms with Crippen molar-refractivity contribution in [2.75, 3.05) is 0 Å². The van der Waals surface area contributed by atoms with Crippen molar-refractivity contribution < 1.29 is 19.1 Å². The van der Waals surface area contributed by atoms with Crippen molar-refractivity contribution in [1.82, 2.24) is 0 Å². The molecule has 158 valence electrons. The quantitative estimate of drug-likeness (QED) is 0.269. The molecule has 1 aliphatic rings. The molecule has 0 spiro atoms. The second kappa shape index (κ2) is 8.31. The first-order chi connectivity index (χ1) is 14.8. The van der Waals surface area contributed by atoms with E-state index >= 15 is 0 Å². The first kappa shape index (κ1) is 20.7. The smallest absolute Gasteiger partial charge is 0.189 e. The topological polar surface area (TPSA) is 59.7 Å². The van der Waals surface area contributed by atoms with Crippen molar-refractivity contribution in [2.24, 2.45) is 0 Å². The molecule has 1 atom stereocenters. The predicted molar refractivity (Wildman–Crippen MR) is 124 cm³/mol. The Morgan fingerprint density at radius 2 is 2.00 bits per heavy atom. The number of aromatic hydroxyl groups is 1. The van der Waals surface area contributed by atoms with Crippen LogP contribution in [0.2, 0.25) is 0 Å². The van der Waals surface area contributed by atoms with Gasteiger partial charge in [0.05, 0.1) is 17.4 Å². The molecule has 1 aliphatic heterocycles. The van der Waals surface area contributed by atoms with Crippen LogP contribution in [0.15, 0.2) is 70.9 Å². The van der Waals surface area contributed by atoms with Gasteiger partial charge in [0.25, 0.3) is 0 Å². The van der Waals surface area contributed by atoms with E-state index in [-0.39, 0.29) is 17.1 Å². The van der Waals surface area contributed by atoms with E-state index < -0.39 is 5.60 Å². The number of fused-ring (bicyclic) bond motifs is 2. The summed E-state index contributed by atoms with van der Waals surface area (Å²) in [6.07, 6.45) is 12.6. The normalized spacial score (nSPS) is 17.5. The average Bonchev–Trinajstić information content (AvgIpc) is 3.19. The van der Waals surface area contributed by atoms with Crippen molar-refractivity contribution in [3.05, 3.63) is 83.2 Å². The maximum absolute atomic E-state index is 12.7. The highest BCUT2D eigenvalue weighted by atomic mass is 16.5. The molecule has 0 fully saturated rings. The van der Waals surface area contributed by atoms with Crippen LogP contribution in [-0.4, -0.2) is 16.5 Å². The Labute approximate surface area is 182 Å². The molecule has 4 nitrogen and oxygen atoms in total. The van der Waals surface area contributed by atoms with E-state index in [2.05, 4.69) is 19.9 Å². The van der Waals surface area contributed by atoms with Crippen molar-refractivity contribution in [3.63, 3.8) is 0 Å². The molecule has 0 aliphatic carbocycles. The zero-order chi connectivity index (χ0) is 22.0. The van der Waals surface area contributed by atoms with E-state index in [9.17, 15) is 9.90 Å². The van der Waals surface area contributed by atoms with Crippen molar-refractivity contribution in [1.29, 1.82) is 0 Å². The Balaban J connectivity index is 1.52. The predicted octanol–water partition coefficient (Wildman–Crippen LogP) is 6.95. The van der Waals surface area contributed by atoms with E-state index in [4.69, 9.17) is 9.15 Å². The zero-order valence-corrected chi connectivity index (χ0v) is 18.0. The number of hydrogen-bond donors (Lipinski definition) is 1. The van der Waals surface area contributed by atoms with Crippen LogP contribution in [0.5, 0.6) is 11.5 Å². The fourth-order valence-electron chi connectivity index (χ4n) is 3.72. The van der Waals surface area contributed by atoms with Gasteiger partial charge in [-0.05, 0) is 87.7 Å². The van der Waals surface area contributed by atoms with E-state index in [1.165, 1.54) is 11.6 Å². The summed E-state index contributed by atoms with van der Waals surface area (Å²) in [5.41, 5.74) is 3.31. The number of carbonyl (C=O) groups is 1. The van der Waals surface area contributed by atoms with Gasteiger partial charge in [0.15, 0.2) is 5.78 Å². The fourth-order valence-corrected chi connectivity index (χ4v) is 3.72. The minimum Gasteiger partial charge on any atom is -0.506 e. The third-order valence-electron chi connectivity index (χ3n) is 5.49. The van der Waals surface area contributed by atoms with Gasteiger partial charge >= 0.3 is 0 Å². The monoisotopic (exact) mass is 414 g/mol. The van der Waals surface area contributed by atoms with Gasteiger partial charge in [0, 0.05) is 5.39 Å². The summed E-state index contributed by atoms with van der Waals surface area (Å²) < 4.78 is 11.5. The number of carbonyl (C=O) groups excluding carboxylic acids is 1. The number of phenolic OH excluding ortho intramolecular Hbond substituents is 1. The molecule has 1 aromatic heterocycles. The lowest BCUT2D eigenvalue weighted by molar-refractivity contribution is 0.104. The van der Waals surface area contributed by atoms with Crippen LogP contribution in [0.1, 0.15) is 55.1 Å². The summed E-state index contributed by atoms with van der Waals surface area (Å²) in [5, 5.41) is 11.7. The molecule has 0 amide bonds. The van der Waals surface area contributed by atoms with Crippen LogP contribution in [0.3, 0.4) is 0 Å². The van der Waals surface area contributed by atoms with E-state index in [1.54, 1.807) is 24.5 Å². The summed E-state index contributed by atoms with van der Waals surface area (Å²) in [4.78, 5) is 12.7. The molecule has 3 aromatic rings. The van der Waals surface area contributed by atoms with Crippen LogP contribution < -0.4 is 4.74 Å². The summed E-state index contributed by atoms with van der Waals surface area (Å²) in [6, 6.07) is 11.0. The molecule has 2 heterocycles. The van der Waals surface area contributed by atoms with Gasteiger partial charge in [-0.3, -0.25) is 4.79 Å². The molecular weight excluding hydrogens is 388 g/mol. The number of ether oxygens (including phenoxy) is 1. The summed E-state index contributed by atoms with van der Waals surface area (Å²) in [5.74, 6) is 0.267. The molecule has 0 saturated carbocycles. The van der Waals surface area contributed by atoms with E-state index in [0.717, 1.165) is 29.4 Å². The number of hydrogen-bond acceptors (Lipinski definition) is 4. The SMILES string of the molecule is CC(C)=CCCC1(C)C=Cc2c(ccc(C(=O)/C=C/c3ccc4occc4c3)c2O)O1. The molecular formula is C27H26O4. The standard InChI is InChI=1S/C27H26O4/c1-18(2)5-4-14-27(3)15-12-22-25(31-27)11-8-21(26(22)29)23(28)9-6-19-7-10-24-20(17-19)13-16-30-24/h5-13,15-17,29H,4,14H2,1-3H3/b9-6+. The number of phenols is 1. The highest BCUT2D eigenvalue weighted by Gasteiger charge is 2.29. The number of furan rings is 1. The van der Waals surface area contributed by atoms with Crippen molar-refractivity contribution in [3.8, 4) is 11.5 Å². The molecule has 31 heavy (non-hydrogen) atoms. The number of ketones is 1. The largest absolute Gasteiger partial charge is 0.506 e. The lowest BCUT2D eigenvalue weighted by atomic mass is 9.93. The Bertz CT molecular complexity index is 1220. The third kappa shape index (κ3) is 4.48.